The zero-order chi connectivity index (χ0) is 9.07. The molecule has 0 aliphatic rings. The van der Waals surface area contributed by atoms with E-state index in [9.17, 15) is 0 Å². The first kappa shape index (κ1) is 11.4. The molecule has 0 bridgehead atoms. The Hall–Kier alpha value is -0.560. The highest BCUT2D eigenvalue weighted by molar-refractivity contribution is 5.01. The van der Waals surface area contributed by atoms with Crippen molar-refractivity contribution in [3.63, 3.8) is 0 Å². The van der Waals surface area contributed by atoms with E-state index >= 15 is 0 Å². The van der Waals surface area contributed by atoms with Gasteiger partial charge in [0.25, 0.3) is 0 Å². The number of aliphatic hydroxyl groups excluding tert-OH is 1. The van der Waals surface area contributed by atoms with E-state index in [4.69, 9.17) is 5.11 Å². The Kier molecular flexibility index (Phi) is 9.95. The molecule has 0 fully saturated rings. The molecule has 0 atom stereocenters. The van der Waals surface area contributed by atoms with Crippen LogP contribution < -0.4 is 0 Å². The number of rotatable bonds is 7. The number of unbranched alkanes of at least 4 members (excludes halogenated alkanes) is 3. The molecule has 0 spiro atoms. The van der Waals surface area contributed by atoms with Crippen molar-refractivity contribution in [3.05, 3.63) is 24.3 Å². The Labute approximate surface area is 75.8 Å². The van der Waals surface area contributed by atoms with Gasteiger partial charge in [0.1, 0.15) is 0 Å². The van der Waals surface area contributed by atoms with E-state index in [1.807, 2.05) is 0 Å². The van der Waals surface area contributed by atoms with Crippen LogP contribution in [0.4, 0.5) is 0 Å². The second-order valence-corrected chi connectivity index (χ2v) is 2.86. The molecular weight excluding hydrogens is 148 g/mol. The average Bonchev–Trinajstić information content (AvgIpc) is 2.10. The van der Waals surface area contributed by atoms with E-state index in [1.165, 1.54) is 12.8 Å². The Morgan fingerprint density at radius 1 is 1.00 bits per heavy atom. The maximum atomic E-state index is 8.50. The smallest absolute Gasteiger partial charge is 0.0431 e. The van der Waals surface area contributed by atoms with Gasteiger partial charge in [-0.25, -0.2) is 0 Å². The molecule has 0 aromatic carbocycles. The lowest BCUT2D eigenvalue weighted by Crippen LogP contribution is -1.79. The second-order valence-electron chi connectivity index (χ2n) is 2.86. The summed E-state index contributed by atoms with van der Waals surface area (Å²) in [5.41, 5.74) is 0. The quantitative estimate of drug-likeness (QED) is 0.457. The van der Waals surface area contributed by atoms with E-state index in [0.29, 0.717) is 6.61 Å². The largest absolute Gasteiger partial charge is 0.396 e. The van der Waals surface area contributed by atoms with E-state index in [0.717, 1.165) is 19.3 Å². The predicted molar refractivity (Wildman–Crippen MR) is 54.1 cm³/mol. The highest BCUT2D eigenvalue weighted by atomic mass is 16.2. The van der Waals surface area contributed by atoms with Crippen LogP contribution in [-0.2, 0) is 0 Å². The van der Waals surface area contributed by atoms with E-state index in [1.54, 1.807) is 0 Å². The van der Waals surface area contributed by atoms with Gasteiger partial charge in [-0.1, -0.05) is 37.6 Å². The van der Waals surface area contributed by atoms with Crippen LogP contribution in [-0.4, -0.2) is 11.7 Å². The van der Waals surface area contributed by atoms with E-state index in [-0.39, 0.29) is 0 Å². The van der Waals surface area contributed by atoms with Crippen LogP contribution in [0, 0.1) is 0 Å². The van der Waals surface area contributed by atoms with Crippen molar-refractivity contribution < 1.29 is 5.11 Å². The third kappa shape index (κ3) is 9.44. The number of aliphatic hydroxyl groups is 1. The molecule has 70 valence electrons. The van der Waals surface area contributed by atoms with Crippen LogP contribution >= 0.6 is 0 Å². The molecule has 0 saturated carbocycles. The highest BCUT2D eigenvalue weighted by Crippen LogP contribution is 1.96. The summed E-state index contributed by atoms with van der Waals surface area (Å²) in [6, 6.07) is 0. The standard InChI is InChI=1S/C11H20O/c1-2-3-4-5-6-7-8-9-10-11-12/h4-7,12H,2-3,8-11H2,1H3/b5-4-,7-6+. The van der Waals surface area contributed by atoms with Gasteiger partial charge in [-0.3, -0.25) is 0 Å². The fourth-order valence-corrected chi connectivity index (χ4v) is 0.890. The summed E-state index contributed by atoms with van der Waals surface area (Å²) in [6.45, 7) is 2.49. The fourth-order valence-electron chi connectivity index (χ4n) is 0.890. The maximum absolute atomic E-state index is 8.50. The van der Waals surface area contributed by atoms with Crippen molar-refractivity contribution in [3.8, 4) is 0 Å². The van der Waals surface area contributed by atoms with Gasteiger partial charge >= 0.3 is 0 Å². The Morgan fingerprint density at radius 3 is 2.25 bits per heavy atom. The third-order valence-corrected chi connectivity index (χ3v) is 1.62. The van der Waals surface area contributed by atoms with Crippen LogP contribution in [0.25, 0.3) is 0 Å². The van der Waals surface area contributed by atoms with E-state index < -0.39 is 0 Å². The molecule has 0 amide bonds. The molecule has 0 rings (SSSR count). The lowest BCUT2D eigenvalue weighted by molar-refractivity contribution is 0.285. The first-order chi connectivity index (χ1) is 5.91. The Bertz CT molecular complexity index is 125. The minimum atomic E-state index is 0.319. The van der Waals surface area contributed by atoms with Crippen LogP contribution in [0.5, 0.6) is 0 Å². The van der Waals surface area contributed by atoms with Crippen molar-refractivity contribution in [1.29, 1.82) is 0 Å². The SMILES string of the molecule is CCC/C=C\C=C\CCCCO. The minimum Gasteiger partial charge on any atom is -0.396 e. The van der Waals surface area contributed by atoms with Crippen LogP contribution in [0.3, 0.4) is 0 Å². The number of hydrogen-bond donors (Lipinski definition) is 1. The average molecular weight is 168 g/mol. The topological polar surface area (TPSA) is 20.2 Å². The van der Waals surface area contributed by atoms with Gasteiger partial charge in [0, 0.05) is 6.61 Å². The van der Waals surface area contributed by atoms with Crippen LogP contribution in [0.2, 0.25) is 0 Å². The summed E-state index contributed by atoms with van der Waals surface area (Å²) in [4.78, 5) is 0. The maximum Gasteiger partial charge on any atom is 0.0431 e. The normalized spacial score (nSPS) is 11.8. The molecular formula is C11H20O. The lowest BCUT2D eigenvalue weighted by atomic mass is 10.2. The summed E-state index contributed by atoms with van der Waals surface area (Å²) < 4.78 is 0. The minimum absolute atomic E-state index is 0.319. The molecule has 0 aromatic heterocycles. The summed E-state index contributed by atoms with van der Waals surface area (Å²) in [7, 11) is 0. The van der Waals surface area contributed by atoms with Gasteiger partial charge in [0.15, 0.2) is 0 Å². The summed E-state index contributed by atoms with van der Waals surface area (Å²) >= 11 is 0. The van der Waals surface area contributed by atoms with Crippen molar-refractivity contribution in [1.82, 2.24) is 0 Å². The van der Waals surface area contributed by atoms with Gasteiger partial charge in [-0.2, -0.15) is 0 Å². The van der Waals surface area contributed by atoms with Crippen LogP contribution in [0.15, 0.2) is 24.3 Å². The van der Waals surface area contributed by atoms with Crippen molar-refractivity contribution in [2.24, 2.45) is 0 Å². The van der Waals surface area contributed by atoms with Gasteiger partial charge in [0.05, 0.1) is 0 Å². The first-order valence-corrected chi connectivity index (χ1v) is 4.84. The van der Waals surface area contributed by atoms with Crippen LogP contribution in [0.1, 0.15) is 39.0 Å². The zero-order valence-electron chi connectivity index (χ0n) is 8.00. The number of hydrogen-bond acceptors (Lipinski definition) is 1. The molecule has 0 aromatic rings. The fraction of sp³-hybridized carbons (Fsp3) is 0.636. The predicted octanol–water partition coefficient (Wildman–Crippen LogP) is 3.06. The van der Waals surface area contributed by atoms with Gasteiger partial charge in [-0.15, -0.1) is 0 Å². The first-order valence-electron chi connectivity index (χ1n) is 4.84. The van der Waals surface area contributed by atoms with Gasteiger partial charge in [-0.05, 0) is 25.7 Å². The molecule has 0 aliphatic carbocycles. The Morgan fingerprint density at radius 2 is 1.67 bits per heavy atom. The van der Waals surface area contributed by atoms with Crippen molar-refractivity contribution in [2.75, 3.05) is 6.61 Å². The molecule has 0 saturated heterocycles. The zero-order valence-corrected chi connectivity index (χ0v) is 8.00. The van der Waals surface area contributed by atoms with Crippen molar-refractivity contribution >= 4 is 0 Å². The highest BCUT2D eigenvalue weighted by Gasteiger charge is 1.80. The molecule has 0 unspecified atom stereocenters. The summed E-state index contributed by atoms with van der Waals surface area (Å²) in [6.07, 6.45) is 14.0. The van der Waals surface area contributed by atoms with E-state index in [2.05, 4.69) is 31.2 Å². The van der Waals surface area contributed by atoms with Crippen molar-refractivity contribution in [2.45, 2.75) is 39.0 Å². The monoisotopic (exact) mass is 168 g/mol. The summed E-state index contributed by atoms with van der Waals surface area (Å²) in [5.74, 6) is 0. The molecule has 0 radical (unpaired) electrons. The Balaban J connectivity index is 3.13. The third-order valence-electron chi connectivity index (χ3n) is 1.62. The molecule has 12 heavy (non-hydrogen) atoms. The summed E-state index contributed by atoms with van der Waals surface area (Å²) in [5, 5.41) is 8.50. The van der Waals surface area contributed by atoms with Gasteiger partial charge < -0.3 is 5.11 Å². The van der Waals surface area contributed by atoms with Gasteiger partial charge in [0.2, 0.25) is 0 Å². The number of allylic oxidation sites excluding steroid dienone is 4. The lowest BCUT2D eigenvalue weighted by Gasteiger charge is -1.89. The second kappa shape index (κ2) is 10.4. The molecule has 0 aliphatic heterocycles. The molecule has 0 heterocycles. The molecule has 1 nitrogen and oxygen atoms in total. The molecule has 1 heteroatoms. The molecule has 1 N–H and O–H groups in total.